The first kappa shape index (κ1) is 18.8. The summed E-state index contributed by atoms with van der Waals surface area (Å²) >= 11 is 0. The molecule has 5 heteroatoms. The molecule has 5 nitrogen and oxygen atoms in total. The highest BCUT2D eigenvalue weighted by Gasteiger charge is 2.33. The standard InChI is InChI=1S/C20H35N3O2/c1-3-21-9-8-17(14-21)15-22-10-12-23(13-11-22)20(25)19-6-4-18(5-7-19)16(2)24/h17-19H,3-15H2,1-2H3. The van der Waals surface area contributed by atoms with Crippen LogP contribution in [-0.4, -0.2) is 78.7 Å². The molecule has 2 saturated heterocycles. The number of carbonyl (C=O) groups excluding carboxylic acids is 2. The normalized spacial score (nSPS) is 32.1. The number of rotatable bonds is 5. The second-order valence-corrected chi connectivity index (χ2v) is 8.33. The van der Waals surface area contributed by atoms with Crippen molar-refractivity contribution in [2.45, 2.75) is 46.0 Å². The van der Waals surface area contributed by atoms with E-state index in [4.69, 9.17) is 0 Å². The summed E-state index contributed by atoms with van der Waals surface area (Å²) in [6, 6.07) is 0. The molecule has 0 spiro atoms. The zero-order chi connectivity index (χ0) is 17.8. The summed E-state index contributed by atoms with van der Waals surface area (Å²) in [4.78, 5) is 31.5. The summed E-state index contributed by atoms with van der Waals surface area (Å²) in [5.74, 6) is 1.82. The molecular weight excluding hydrogens is 314 g/mol. The van der Waals surface area contributed by atoms with Crippen molar-refractivity contribution in [2.24, 2.45) is 17.8 Å². The smallest absolute Gasteiger partial charge is 0.225 e. The number of nitrogens with zero attached hydrogens (tertiary/aromatic N) is 3. The molecule has 2 heterocycles. The van der Waals surface area contributed by atoms with Crippen molar-refractivity contribution in [1.29, 1.82) is 0 Å². The van der Waals surface area contributed by atoms with Gasteiger partial charge in [-0.3, -0.25) is 14.5 Å². The third-order valence-corrected chi connectivity index (χ3v) is 6.67. The van der Waals surface area contributed by atoms with Gasteiger partial charge in [-0.2, -0.15) is 0 Å². The largest absolute Gasteiger partial charge is 0.340 e. The fourth-order valence-electron chi connectivity index (χ4n) is 4.87. The van der Waals surface area contributed by atoms with E-state index in [1.54, 1.807) is 6.92 Å². The van der Waals surface area contributed by atoms with Crippen LogP contribution in [0.15, 0.2) is 0 Å². The summed E-state index contributed by atoms with van der Waals surface area (Å²) in [7, 11) is 0. The maximum Gasteiger partial charge on any atom is 0.225 e. The van der Waals surface area contributed by atoms with E-state index in [1.807, 2.05) is 0 Å². The molecule has 0 aromatic heterocycles. The van der Waals surface area contributed by atoms with Crippen molar-refractivity contribution >= 4 is 11.7 Å². The minimum atomic E-state index is 0.162. The van der Waals surface area contributed by atoms with Crippen LogP contribution < -0.4 is 0 Å². The molecule has 142 valence electrons. The molecule has 1 amide bonds. The van der Waals surface area contributed by atoms with Gasteiger partial charge >= 0.3 is 0 Å². The lowest BCUT2D eigenvalue weighted by Gasteiger charge is -2.38. The number of piperazine rings is 1. The van der Waals surface area contributed by atoms with Crippen LogP contribution in [0.25, 0.3) is 0 Å². The van der Waals surface area contributed by atoms with Crippen LogP contribution in [0.4, 0.5) is 0 Å². The van der Waals surface area contributed by atoms with Crippen LogP contribution in [0, 0.1) is 17.8 Å². The SMILES string of the molecule is CCN1CCC(CN2CCN(C(=O)C3CCC(C(C)=O)CC3)CC2)C1. The van der Waals surface area contributed by atoms with Gasteiger partial charge in [0, 0.05) is 51.1 Å². The lowest BCUT2D eigenvalue weighted by Crippen LogP contribution is -2.51. The molecule has 0 aromatic rings. The summed E-state index contributed by atoms with van der Waals surface area (Å²) in [5, 5.41) is 0. The summed E-state index contributed by atoms with van der Waals surface area (Å²) in [6.07, 6.45) is 4.94. The summed E-state index contributed by atoms with van der Waals surface area (Å²) in [5.41, 5.74) is 0. The van der Waals surface area contributed by atoms with Gasteiger partial charge in [0.05, 0.1) is 0 Å². The molecule has 1 unspecified atom stereocenters. The number of hydrogen-bond acceptors (Lipinski definition) is 4. The molecule has 3 rings (SSSR count). The van der Waals surface area contributed by atoms with Crippen molar-refractivity contribution < 1.29 is 9.59 Å². The predicted molar refractivity (Wildman–Crippen MR) is 99.4 cm³/mol. The van der Waals surface area contributed by atoms with Gasteiger partial charge in [-0.15, -0.1) is 0 Å². The van der Waals surface area contributed by atoms with Crippen LogP contribution >= 0.6 is 0 Å². The molecule has 0 N–H and O–H groups in total. The van der Waals surface area contributed by atoms with Gasteiger partial charge in [0.1, 0.15) is 5.78 Å². The summed E-state index contributed by atoms with van der Waals surface area (Å²) in [6.45, 7) is 12.6. The predicted octanol–water partition coefficient (Wildman–Crippen LogP) is 1.87. The second kappa shape index (κ2) is 8.63. The van der Waals surface area contributed by atoms with Gasteiger partial charge in [0.15, 0.2) is 0 Å². The van der Waals surface area contributed by atoms with Crippen LogP contribution in [0.5, 0.6) is 0 Å². The molecule has 3 aliphatic rings. The van der Waals surface area contributed by atoms with E-state index in [2.05, 4.69) is 21.6 Å². The zero-order valence-corrected chi connectivity index (χ0v) is 16.1. The number of carbonyl (C=O) groups is 2. The third kappa shape index (κ3) is 4.82. The molecule has 1 saturated carbocycles. The Balaban J connectivity index is 1.39. The van der Waals surface area contributed by atoms with Gasteiger partial charge in [-0.25, -0.2) is 0 Å². The minimum Gasteiger partial charge on any atom is -0.340 e. The molecule has 1 aliphatic carbocycles. The molecule has 0 bridgehead atoms. The Hall–Kier alpha value is -0.940. The average molecular weight is 350 g/mol. The molecule has 0 radical (unpaired) electrons. The number of ketones is 1. The fourth-order valence-corrected chi connectivity index (χ4v) is 4.87. The van der Waals surface area contributed by atoms with Crippen molar-refractivity contribution in [3.63, 3.8) is 0 Å². The monoisotopic (exact) mass is 349 g/mol. The quantitative estimate of drug-likeness (QED) is 0.760. The lowest BCUT2D eigenvalue weighted by molar-refractivity contribution is -0.139. The van der Waals surface area contributed by atoms with E-state index in [9.17, 15) is 9.59 Å². The van der Waals surface area contributed by atoms with E-state index < -0.39 is 0 Å². The highest BCUT2D eigenvalue weighted by atomic mass is 16.2. The molecular formula is C20H35N3O2. The van der Waals surface area contributed by atoms with Crippen molar-refractivity contribution in [3.8, 4) is 0 Å². The highest BCUT2D eigenvalue weighted by molar-refractivity contribution is 5.81. The molecule has 0 aromatic carbocycles. The maximum absolute atomic E-state index is 12.8. The maximum atomic E-state index is 12.8. The van der Waals surface area contributed by atoms with E-state index in [-0.39, 0.29) is 11.8 Å². The minimum absolute atomic E-state index is 0.162. The van der Waals surface area contributed by atoms with Gasteiger partial charge < -0.3 is 9.80 Å². The Morgan fingerprint density at radius 1 is 0.840 bits per heavy atom. The molecule has 25 heavy (non-hydrogen) atoms. The van der Waals surface area contributed by atoms with Gasteiger partial charge in [0.2, 0.25) is 5.91 Å². The first-order chi connectivity index (χ1) is 12.1. The Labute approximate surface area is 152 Å². The van der Waals surface area contributed by atoms with Crippen LogP contribution in [0.1, 0.15) is 46.0 Å². The highest BCUT2D eigenvalue weighted by Crippen LogP contribution is 2.31. The lowest BCUT2D eigenvalue weighted by atomic mass is 9.79. The van der Waals surface area contributed by atoms with Crippen molar-refractivity contribution in [2.75, 3.05) is 52.4 Å². The van der Waals surface area contributed by atoms with E-state index in [0.717, 1.165) is 57.8 Å². The van der Waals surface area contributed by atoms with E-state index in [0.29, 0.717) is 11.7 Å². The third-order valence-electron chi connectivity index (χ3n) is 6.67. The Bertz CT molecular complexity index is 466. The fraction of sp³-hybridized carbons (Fsp3) is 0.900. The molecule has 3 fully saturated rings. The number of Topliss-reactive ketones (excluding diaryl/α,β-unsaturated/α-hetero) is 1. The van der Waals surface area contributed by atoms with Gasteiger partial charge in [0.25, 0.3) is 0 Å². The Morgan fingerprint density at radius 3 is 2.04 bits per heavy atom. The number of amides is 1. The van der Waals surface area contributed by atoms with E-state index in [1.165, 1.54) is 32.6 Å². The van der Waals surface area contributed by atoms with Gasteiger partial charge in [-0.05, 0) is 58.0 Å². The van der Waals surface area contributed by atoms with Crippen LogP contribution in [-0.2, 0) is 9.59 Å². The van der Waals surface area contributed by atoms with Crippen LogP contribution in [0.2, 0.25) is 0 Å². The van der Waals surface area contributed by atoms with Gasteiger partial charge in [-0.1, -0.05) is 6.92 Å². The molecule has 1 atom stereocenters. The van der Waals surface area contributed by atoms with Crippen LogP contribution in [0.3, 0.4) is 0 Å². The summed E-state index contributed by atoms with van der Waals surface area (Å²) < 4.78 is 0. The second-order valence-electron chi connectivity index (χ2n) is 8.33. The number of hydrogen-bond donors (Lipinski definition) is 0. The van der Waals surface area contributed by atoms with Crippen molar-refractivity contribution in [1.82, 2.24) is 14.7 Å². The number of likely N-dealkylation sites (tertiary alicyclic amines) is 1. The Morgan fingerprint density at radius 2 is 1.48 bits per heavy atom. The first-order valence-corrected chi connectivity index (χ1v) is 10.3. The zero-order valence-electron chi connectivity index (χ0n) is 16.1. The topological polar surface area (TPSA) is 43.9 Å². The average Bonchev–Trinajstić information content (AvgIpc) is 3.09. The van der Waals surface area contributed by atoms with Crippen molar-refractivity contribution in [3.05, 3.63) is 0 Å². The van der Waals surface area contributed by atoms with E-state index >= 15 is 0 Å². The first-order valence-electron chi connectivity index (χ1n) is 10.3. The Kier molecular flexibility index (Phi) is 6.50. The molecule has 2 aliphatic heterocycles.